The van der Waals surface area contributed by atoms with Crippen LogP contribution in [0.15, 0.2) is 57.8 Å². The van der Waals surface area contributed by atoms with Crippen LogP contribution < -0.4 is 4.90 Å². The summed E-state index contributed by atoms with van der Waals surface area (Å²) in [6.07, 6.45) is 0. The molecule has 0 saturated heterocycles. The second-order valence-electron chi connectivity index (χ2n) is 5.94. The maximum Gasteiger partial charge on any atom is 0.288 e. The van der Waals surface area contributed by atoms with Gasteiger partial charge in [0.2, 0.25) is 5.95 Å². The molecule has 0 bridgehead atoms. The number of aromatic nitrogens is 4. The van der Waals surface area contributed by atoms with E-state index < -0.39 is 10.0 Å². The van der Waals surface area contributed by atoms with Crippen molar-refractivity contribution >= 4 is 55.0 Å². The van der Waals surface area contributed by atoms with Crippen molar-refractivity contribution in [1.29, 1.82) is 0 Å². The Hall–Kier alpha value is -2.43. The minimum absolute atomic E-state index is 0.232. The molecule has 3 heterocycles. The molecular weight excluding hydrogens is 402 g/mol. The van der Waals surface area contributed by atoms with Gasteiger partial charge in [0, 0.05) is 7.05 Å². The van der Waals surface area contributed by atoms with Crippen LogP contribution in [0.2, 0.25) is 0 Å². The van der Waals surface area contributed by atoms with E-state index in [-0.39, 0.29) is 4.90 Å². The van der Waals surface area contributed by atoms with E-state index in [1.54, 1.807) is 47.5 Å². The van der Waals surface area contributed by atoms with Crippen LogP contribution in [0.1, 0.15) is 5.82 Å². The van der Waals surface area contributed by atoms with Gasteiger partial charge in [-0.15, -0.1) is 20.5 Å². The molecule has 2 aromatic heterocycles. The number of thioether (sulfide) groups is 1. The average molecular weight is 416 g/mol. The molecule has 2 aromatic carbocycles. The second-order valence-corrected chi connectivity index (χ2v) is 9.93. The number of thiazole rings is 1. The SMILES string of the molecule is CN1c2ccccc2S(=O)(=O)n2nc(CSc3nc4ccccc4s3)nc21. The summed E-state index contributed by atoms with van der Waals surface area (Å²) in [5.41, 5.74) is 1.56. The third kappa shape index (κ3) is 2.63. The molecule has 0 atom stereocenters. The Kier molecular flexibility index (Phi) is 3.74. The smallest absolute Gasteiger partial charge is 0.288 e. The van der Waals surface area contributed by atoms with Crippen LogP contribution in [0.25, 0.3) is 10.2 Å². The second kappa shape index (κ2) is 6.04. The first-order valence-corrected chi connectivity index (χ1v) is 11.3. The number of hydrogen-bond acceptors (Lipinski definition) is 8. The van der Waals surface area contributed by atoms with Crippen molar-refractivity contribution in [2.75, 3.05) is 11.9 Å². The monoisotopic (exact) mass is 415 g/mol. The zero-order valence-electron chi connectivity index (χ0n) is 14.1. The van der Waals surface area contributed by atoms with E-state index in [1.807, 2.05) is 24.3 Å². The van der Waals surface area contributed by atoms with Crippen LogP contribution in [-0.2, 0) is 15.8 Å². The largest absolute Gasteiger partial charge is 0.312 e. The zero-order chi connectivity index (χ0) is 18.6. The first-order valence-electron chi connectivity index (χ1n) is 8.07. The molecule has 0 radical (unpaired) electrons. The Balaban J connectivity index is 1.47. The quantitative estimate of drug-likeness (QED) is 0.474. The Morgan fingerprint density at radius 2 is 1.85 bits per heavy atom. The number of nitrogens with zero attached hydrogens (tertiary/aromatic N) is 5. The summed E-state index contributed by atoms with van der Waals surface area (Å²) in [5.74, 6) is 1.20. The van der Waals surface area contributed by atoms with Crippen molar-refractivity contribution in [3.8, 4) is 0 Å². The highest BCUT2D eigenvalue weighted by Crippen LogP contribution is 2.37. The number of benzene rings is 2. The summed E-state index contributed by atoms with van der Waals surface area (Å²) in [6, 6.07) is 14.8. The molecule has 1 aliphatic rings. The number of fused-ring (bicyclic) bond motifs is 3. The zero-order valence-corrected chi connectivity index (χ0v) is 16.6. The van der Waals surface area contributed by atoms with E-state index in [0.29, 0.717) is 23.2 Å². The minimum atomic E-state index is -3.74. The third-order valence-corrected chi connectivity index (χ3v) is 8.01. The fourth-order valence-electron chi connectivity index (χ4n) is 2.95. The first kappa shape index (κ1) is 16.7. The average Bonchev–Trinajstić information content (AvgIpc) is 3.29. The standard InChI is InChI=1S/C17H13N5O2S3/c1-21-12-7-3-5-9-14(12)27(23,24)22-16(21)19-15(20-22)10-25-17-18-11-6-2-4-8-13(11)26-17/h2-9H,10H2,1H3. The van der Waals surface area contributed by atoms with Crippen LogP contribution in [0.4, 0.5) is 11.6 Å². The molecule has 0 N–H and O–H groups in total. The molecule has 0 spiro atoms. The molecule has 0 unspecified atom stereocenters. The molecule has 136 valence electrons. The molecule has 4 aromatic rings. The van der Waals surface area contributed by atoms with Crippen molar-refractivity contribution in [2.45, 2.75) is 15.0 Å². The number of rotatable bonds is 3. The molecule has 1 aliphatic heterocycles. The first-order chi connectivity index (χ1) is 13.0. The number of para-hydroxylation sites is 2. The van der Waals surface area contributed by atoms with E-state index in [1.165, 1.54) is 11.8 Å². The van der Waals surface area contributed by atoms with Crippen molar-refractivity contribution in [3.63, 3.8) is 0 Å². The highest BCUT2D eigenvalue weighted by atomic mass is 32.2. The molecular formula is C17H13N5O2S3. The van der Waals surface area contributed by atoms with Gasteiger partial charge in [-0.05, 0) is 24.3 Å². The van der Waals surface area contributed by atoms with Crippen LogP contribution >= 0.6 is 23.1 Å². The molecule has 10 heteroatoms. The lowest BCUT2D eigenvalue weighted by atomic mass is 10.3. The predicted octanol–water partition coefficient (Wildman–Crippen LogP) is 3.50. The fraction of sp³-hybridized carbons (Fsp3) is 0.118. The maximum absolute atomic E-state index is 12.9. The Bertz CT molecular complexity index is 1250. The van der Waals surface area contributed by atoms with Crippen molar-refractivity contribution in [2.24, 2.45) is 0 Å². The predicted molar refractivity (Wildman–Crippen MR) is 106 cm³/mol. The van der Waals surface area contributed by atoms with Crippen LogP contribution in [0.3, 0.4) is 0 Å². The van der Waals surface area contributed by atoms with Crippen LogP contribution in [0.5, 0.6) is 0 Å². The molecule has 5 rings (SSSR count). The lowest BCUT2D eigenvalue weighted by molar-refractivity contribution is 0.577. The summed E-state index contributed by atoms with van der Waals surface area (Å²) < 4.78 is 28.8. The van der Waals surface area contributed by atoms with Gasteiger partial charge in [0.15, 0.2) is 10.2 Å². The van der Waals surface area contributed by atoms with Gasteiger partial charge in [-0.25, -0.2) is 4.98 Å². The van der Waals surface area contributed by atoms with Gasteiger partial charge in [0.1, 0.15) is 4.90 Å². The van der Waals surface area contributed by atoms with Crippen LogP contribution in [-0.4, -0.2) is 34.6 Å². The van der Waals surface area contributed by atoms with E-state index in [2.05, 4.69) is 15.1 Å². The molecule has 0 amide bonds. The van der Waals surface area contributed by atoms with Gasteiger partial charge in [-0.2, -0.15) is 13.4 Å². The summed E-state index contributed by atoms with van der Waals surface area (Å²) in [6.45, 7) is 0. The van der Waals surface area contributed by atoms with Gasteiger partial charge < -0.3 is 4.90 Å². The van der Waals surface area contributed by atoms with Crippen molar-refractivity contribution in [1.82, 2.24) is 19.2 Å². The number of anilines is 2. The molecule has 0 fully saturated rings. The Morgan fingerprint density at radius 3 is 2.70 bits per heavy atom. The summed E-state index contributed by atoms with van der Waals surface area (Å²) in [4.78, 5) is 11.0. The normalized spacial score (nSPS) is 14.9. The molecule has 0 saturated carbocycles. The summed E-state index contributed by atoms with van der Waals surface area (Å²) in [7, 11) is -1.95. The van der Waals surface area contributed by atoms with Gasteiger partial charge in [0.25, 0.3) is 10.0 Å². The van der Waals surface area contributed by atoms with E-state index in [9.17, 15) is 8.42 Å². The van der Waals surface area contributed by atoms with Gasteiger partial charge in [-0.3, -0.25) is 0 Å². The van der Waals surface area contributed by atoms with E-state index in [4.69, 9.17) is 0 Å². The summed E-state index contributed by atoms with van der Waals surface area (Å²) in [5, 5.41) is 4.25. The fourth-order valence-corrected chi connectivity index (χ4v) is 6.35. The van der Waals surface area contributed by atoms with E-state index >= 15 is 0 Å². The topological polar surface area (TPSA) is 81.0 Å². The molecule has 0 aliphatic carbocycles. The van der Waals surface area contributed by atoms with Crippen molar-refractivity contribution < 1.29 is 8.42 Å². The molecule has 7 nitrogen and oxygen atoms in total. The van der Waals surface area contributed by atoms with Gasteiger partial charge in [0.05, 0.1) is 21.7 Å². The maximum atomic E-state index is 12.9. The highest BCUT2D eigenvalue weighted by molar-refractivity contribution is 8.00. The molecule has 27 heavy (non-hydrogen) atoms. The van der Waals surface area contributed by atoms with E-state index in [0.717, 1.165) is 18.6 Å². The van der Waals surface area contributed by atoms with Crippen molar-refractivity contribution in [3.05, 3.63) is 54.4 Å². The lowest BCUT2D eigenvalue weighted by Gasteiger charge is -2.25. The van der Waals surface area contributed by atoms with Crippen LogP contribution in [0, 0.1) is 0 Å². The van der Waals surface area contributed by atoms with Gasteiger partial charge in [-0.1, -0.05) is 36.0 Å². The highest BCUT2D eigenvalue weighted by Gasteiger charge is 2.34. The lowest BCUT2D eigenvalue weighted by Crippen LogP contribution is -2.28. The Labute approximate surface area is 163 Å². The Morgan fingerprint density at radius 1 is 1.07 bits per heavy atom. The third-order valence-electron chi connectivity index (χ3n) is 4.24. The van der Waals surface area contributed by atoms with Gasteiger partial charge >= 0.3 is 0 Å². The summed E-state index contributed by atoms with van der Waals surface area (Å²) >= 11 is 3.11. The minimum Gasteiger partial charge on any atom is -0.312 e. The number of hydrogen-bond donors (Lipinski definition) is 0.